The van der Waals surface area contributed by atoms with E-state index in [0.29, 0.717) is 6.42 Å². The Morgan fingerprint density at radius 3 is 2.09 bits per heavy atom. The Bertz CT molecular complexity index is 1170. The van der Waals surface area contributed by atoms with E-state index >= 15 is 0 Å². The van der Waals surface area contributed by atoms with Crippen molar-refractivity contribution in [3.63, 3.8) is 0 Å². The van der Waals surface area contributed by atoms with Crippen LogP contribution in [0.1, 0.15) is 74.1 Å². The van der Waals surface area contributed by atoms with Gasteiger partial charge in [-0.3, -0.25) is 14.4 Å². The van der Waals surface area contributed by atoms with Gasteiger partial charge in [-0.25, -0.2) is 4.79 Å². The molecule has 5 N–H and O–H groups in total. The van der Waals surface area contributed by atoms with Crippen LogP contribution in [-0.4, -0.2) is 103 Å². The van der Waals surface area contributed by atoms with Gasteiger partial charge in [0.05, 0.1) is 5.60 Å². The van der Waals surface area contributed by atoms with Crippen molar-refractivity contribution in [2.75, 3.05) is 0 Å². The summed E-state index contributed by atoms with van der Waals surface area (Å²) >= 11 is 0. The number of hydrogen-bond donors (Lipinski definition) is 5. The third-order valence-electron chi connectivity index (χ3n) is 9.04. The Morgan fingerprint density at radius 1 is 0.953 bits per heavy atom. The molecule has 0 aromatic heterocycles. The number of esters is 4. The maximum atomic E-state index is 13.0. The van der Waals surface area contributed by atoms with Crippen molar-refractivity contribution in [1.82, 2.24) is 0 Å². The molecule has 0 radical (unpaired) electrons. The number of carbonyl (C=O) groups excluding carboxylic acids is 4. The molecule has 0 saturated carbocycles. The Hall–Kier alpha value is -2.84. The molecule has 0 unspecified atom stereocenters. The number of unbranched alkanes of at least 4 members (excludes halogenated alkanes) is 2. The fourth-order valence-corrected chi connectivity index (χ4v) is 6.65. The second kappa shape index (κ2) is 12.3. The monoisotopic (exact) mass is 612 g/mol. The van der Waals surface area contributed by atoms with Crippen LogP contribution < -0.4 is 0 Å². The molecule has 242 valence electrons. The van der Waals surface area contributed by atoms with Gasteiger partial charge in [-0.2, -0.15) is 0 Å². The van der Waals surface area contributed by atoms with E-state index in [2.05, 4.69) is 0 Å². The highest BCUT2D eigenvalue weighted by Gasteiger charge is 2.74. The van der Waals surface area contributed by atoms with Gasteiger partial charge >= 0.3 is 23.9 Å². The second-order valence-corrected chi connectivity index (χ2v) is 12.4. The van der Waals surface area contributed by atoms with Gasteiger partial charge in [-0.1, -0.05) is 38.8 Å². The molecule has 3 rings (SSSR count). The Balaban J connectivity index is 2.41. The number of carbonyl (C=O) groups is 4. The lowest BCUT2D eigenvalue weighted by atomic mass is 9.53. The van der Waals surface area contributed by atoms with Crippen LogP contribution in [0.2, 0.25) is 0 Å². The third-order valence-corrected chi connectivity index (χ3v) is 9.04. The largest absolute Gasteiger partial charge is 0.459 e. The number of rotatable bonds is 7. The summed E-state index contributed by atoms with van der Waals surface area (Å²) in [4.78, 5) is 50.9. The molecule has 0 bridgehead atoms. The first-order valence-corrected chi connectivity index (χ1v) is 14.4. The zero-order chi connectivity index (χ0) is 32.7. The molecule has 3 aliphatic rings. The van der Waals surface area contributed by atoms with Gasteiger partial charge in [0.2, 0.25) is 0 Å². The van der Waals surface area contributed by atoms with Crippen LogP contribution in [0, 0.1) is 11.3 Å². The van der Waals surface area contributed by atoms with Crippen molar-refractivity contribution in [1.29, 1.82) is 0 Å². The first-order valence-electron chi connectivity index (χ1n) is 14.4. The summed E-state index contributed by atoms with van der Waals surface area (Å²) in [5, 5.41) is 58.4. The van der Waals surface area contributed by atoms with E-state index in [-0.39, 0.29) is 12.0 Å². The van der Waals surface area contributed by atoms with E-state index in [1.54, 1.807) is 0 Å². The highest BCUT2D eigenvalue weighted by Crippen LogP contribution is 2.55. The zero-order valence-corrected chi connectivity index (χ0v) is 25.6. The Labute approximate surface area is 250 Å². The minimum atomic E-state index is -2.82. The first kappa shape index (κ1) is 34.6. The van der Waals surface area contributed by atoms with Gasteiger partial charge in [0.1, 0.15) is 24.4 Å². The summed E-state index contributed by atoms with van der Waals surface area (Å²) in [6.07, 6.45) is -4.72. The molecule has 13 heteroatoms. The smallest absolute Gasteiger partial charge is 0.341 e. The maximum absolute atomic E-state index is 13.0. The average Bonchev–Trinajstić information content (AvgIpc) is 3.06. The molecule has 43 heavy (non-hydrogen) atoms. The van der Waals surface area contributed by atoms with Crippen molar-refractivity contribution < 1.29 is 63.7 Å². The lowest BCUT2D eigenvalue weighted by molar-refractivity contribution is -0.263. The summed E-state index contributed by atoms with van der Waals surface area (Å²) in [6, 6.07) is 0. The fourth-order valence-electron chi connectivity index (χ4n) is 6.65. The summed E-state index contributed by atoms with van der Waals surface area (Å²) in [7, 11) is 0. The Kier molecular flexibility index (Phi) is 9.89. The predicted molar refractivity (Wildman–Crippen MR) is 148 cm³/mol. The van der Waals surface area contributed by atoms with E-state index in [0.717, 1.165) is 39.7 Å². The number of fused-ring (bicyclic) bond motifs is 2. The van der Waals surface area contributed by atoms with E-state index < -0.39 is 88.6 Å². The molecule has 11 atom stereocenters. The van der Waals surface area contributed by atoms with Crippen LogP contribution in [0.5, 0.6) is 0 Å². The average molecular weight is 613 g/mol. The van der Waals surface area contributed by atoms with E-state index in [1.165, 1.54) is 32.9 Å². The molecule has 0 amide bonds. The molecule has 13 nitrogen and oxygen atoms in total. The Morgan fingerprint density at radius 2 is 1.53 bits per heavy atom. The summed E-state index contributed by atoms with van der Waals surface area (Å²) in [5.74, 6) is -5.53. The van der Waals surface area contributed by atoms with Gasteiger partial charge in [-0.15, -0.1) is 0 Å². The second-order valence-electron chi connectivity index (χ2n) is 12.4. The molecule has 0 aromatic rings. The fraction of sp³-hybridized carbons (Fsp3) is 0.733. The third kappa shape index (κ3) is 5.97. The normalized spacial score (nSPS) is 43.8. The van der Waals surface area contributed by atoms with E-state index in [1.807, 2.05) is 6.92 Å². The molecule has 1 aliphatic heterocycles. The molecular weight excluding hydrogens is 568 g/mol. The van der Waals surface area contributed by atoms with E-state index in [4.69, 9.17) is 18.9 Å². The van der Waals surface area contributed by atoms with Gasteiger partial charge in [0, 0.05) is 31.6 Å². The van der Waals surface area contributed by atoms with Gasteiger partial charge in [0.25, 0.3) is 0 Å². The molecule has 1 heterocycles. The number of hydrogen-bond acceptors (Lipinski definition) is 13. The number of aliphatic hydroxyl groups is 5. The lowest BCUT2D eigenvalue weighted by Crippen LogP contribution is -2.74. The van der Waals surface area contributed by atoms with Crippen LogP contribution >= 0.6 is 0 Å². The summed E-state index contributed by atoms with van der Waals surface area (Å²) < 4.78 is 22.3. The van der Waals surface area contributed by atoms with Crippen molar-refractivity contribution >= 4 is 23.9 Å². The van der Waals surface area contributed by atoms with Crippen LogP contribution in [0.25, 0.3) is 0 Å². The number of ether oxygens (including phenoxy) is 4. The van der Waals surface area contributed by atoms with Crippen molar-refractivity contribution in [3.05, 3.63) is 23.8 Å². The van der Waals surface area contributed by atoms with Gasteiger partial charge in [0.15, 0.2) is 23.4 Å². The maximum Gasteiger partial charge on any atom is 0.341 e. The minimum absolute atomic E-state index is 0.00879. The highest BCUT2D eigenvalue weighted by molar-refractivity contribution is 5.84. The quantitative estimate of drug-likeness (QED) is 0.114. The van der Waals surface area contributed by atoms with Crippen LogP contribution in [0.4, 0.5) is 0 Å². The first-order chi connectivity index (χ1) is 19.8. The zero-order valence-electron chi connectivity index (χ0n) is 25.6. The summed E-state index contributed by atoms with van der Waals surface area (Å²) in [6.45, 7) is 8.96. The molecule has 0 spiro atoms. The molecular formula is C30H44O13. The highest BCUT2D eigenvalue weighted by atomic mass is 16.6. The SMILES string of the molecule is CCCCCC(=O)O[C@H]1/C(C)=C\[C@@H]2OC(=O)[C@@](C)(O)[C@@]2(O)[C@H](OC(C)=O)[C@H]2[C@](C)(O)[C@H](O)C=C[C@]2(C)[C@@H](OC(C)=O)[C@@H]1O. The van der Waals surface area contributed by atoms with Gasteiger partial charge in [-0.05, 0) is 38.8 Å². The topological polar surface area (TPSA) is 206 Å². The predicted octanol–water partition coefficient (Wildman–Crippen LogP) is 0.374. The minimum Gasteiger partial charge on any atom is -0.459 e. The van der Waals surface area contributed by atoms with Crippen LogP contribution in [0.3, 0.4) is 0 Å². The van der Waals surface area contributed by atoms with Crippen molar-refractivity contribution in [2.24, 2.45) is 11.3 Å². The summed E-state index contributed by atoms with van der Waals surface area (Å²) in [5.41, 5.74) is -9.65. The standard InChI is InChI=1S/C30H44O13/c1-8-9-10-11-20(34)43-22-15(2)14-19-30(39,29(7,38)26(36)42-19)25(41-17(4)32)23-27(5,13-12-18(33)28(23,6)37)24(21(22)35)40-16(3)31/h12-14,18-19,21-25,33,35,37-39H,8-11H2,1-7H3/b15-14-/t18-,19+,21-,22+,23-,24+,25-,27+,28-,29-,30+/m1/s1. The molecule has 2 aliphatic carbocycles. The van der Waals surface area contributed by atoms with Crippen molar-refractivity contribution in [2.45, 2.75) is 128 Å². The van der Waals surface area contributed by atoms with Crippen LogP contribution in [0.15, 0.2) is 23.8 Å². The van der Waals surface area contributed by atoms with Crippen molar-refractivity contribution in [3.8, 4) is 0 Å². The molecule has 1 saturated heterocycles. The number of aliphatic hydroxyl groups excluding tert-OH is 2. The molecule has 1 fully saturated rings. The lowest BCUT2D eigenvalue weighted by Gasteiger charge is -2.57. The van der Waals surface area contributed by atoms with E-state index in [9.17, 15) is 44.7 Å². The van der Waals surface area contributed by atoms with Gasteiger partial charge < -0.3 is 44.5 Å². The molecule has 0 aromatic carbocycles. The van der Waals surface area contributed by atoms with Crippen LogP contribution in [-0.2, 0) is 38.1 Å².